The van der Waals surface area contributed by atoms with E-state index in [-0.39, 0.29) is 29.1 Å². The highest BCUT2D eigenvalue weighted by molar-refractivity contribution is 5.94. The standard InChI is InChI=1S/C26H33N5O3/c27-24(33)19-4-6-30(7-5-19)25(34)20-15-31-21(28-20)2-1-3-22(31)29-23(32)14-26-11-16-8-17(12-26)10-18(9-16)13-26/h1-3,15-19H,4-14H2,(H2,27,33)(H,29,32). The highest BCUT2D eigenvalue weighted by Gasteiger charge is 2.51. The van der Waals surface area contributed by atoms with Gasteiger partial charge < -0.3 is 16.0 Å². The molecule has 0 atom stereocenters. The van der Waals surface area contributed by atoms with Crippen LogP contribution in [0.3, 0.4) is 0 Å². The van der Waals surface area contributed by atoms with E-state index in [2.05, 4.69) is 10.3 Å². The molecule has 1 saturated heterocycles. The molecule has 3 amide bonds. The van der Waals surface area contributed by atoms with E-state index in [9.17, 15) is 14.4 Å². The number of piperidine rings is 1. The smallest absolute Gasteiger partial charge is 0.274 e. The lowest BCUT2D eigenvalue weighted by atomic mass is 9.49. The van der Waals surface area contributed by atoms with E-state index in [1.165, 1.54) is 38.5 Å². The van der Waals surface area contributed by atoms with Crippen LogP contribution in [-0.4, -0.2) is 45.1 Å². The summed E-state index contributed by atoms with van der Waals surface area (Å²) in [5.41, 5.74) is 6.57. The summed E-state index contributed by atoms with van der Waals surface area (Å²) in [5, 5.41) is 3.12. The second-order valence-electron chi connectivity index (χ2n) is 11.4. The average molecular weight is 464 g/mol. The number of primary amides is 1. The number of hydrogen-bond donors (Lipinski definition) is 2. The molecule has 0 unspecified atom stereocenters. The molecule has 3 heterocycles. The van der Waals surface area contributed by atoms with Gasteiger partial charge in [-0.2, -0.15) is 0 Å². The van der Waals surface area contributed by atoms with Crippen LogP contribution in [0, 0.1) is 29.1 Å². The van der Waals surface area contributed by atoms with Crippen molar-refractivity contribution in [3.05, 3.63) is 30.1 Å². The largest absolute Gasteiger partial charge is 0.369 e. The minimum atomic E-state index is -0.297. The molecule has 4 saturated carbocycles. The minimum Gasteiger partial charge on any atom is -0.369 e. The van der Waals surface area contributed by atoms with Gasteiger partial charge in [0.05, 0.1) is 0 Å². The number of aromatic nitrogens is 2. The zero-order chi connectivity index (χ0) is 23.4. The average Bonchev–Trinajstić information content (AvgIpc) is 3.23. The number of fused-ring (bicyclic) bond motifs is 1. The van der Waals surface area contributed by atoms with Gasteiger partial charge in [-0.05, 0) is 86.7 Å². The van der Waals surface area contributed by atoms with Gasteiger partial charge in [0.2, 0.25) is 11.8 Å². The fourth-order valence-corrected chi connectivity index (χ4v) is 7.78. The van der Waals surface area contributed by atoms with E-state index < -0.39 is 0 Å². The molecule has 0 radical (unpaired) electrons. The maximum absolute atomic E-state index is 13.2. The molecule has 0 spiro atoms. The molecule has 8 heteroatoms. The van der Waals surface area contributed by atoms with Gasteiger partial charge in [-0.1, -0.05) is 6.07 Å². The molecule has 7 rings (SSSR count). The summed E-state index contributed by atoms with van der Waals surface area (Å²) in [6.45, 7) is 0.990. The van der Waals surface area contributed by atoms with Gasteiger partial charge >= 0.3 is 0 Å². The number of nitrogens with two attached hydrogens (primary N) is 1. The lowest BCUT2D eigenvalue weighted by Gasteiger charge is -2.56. The topological polar surface area (TPSA) is 110 Å². The zero-order valence-corrected chi connectivity index (χ0v) is 19.5. The van der Waals surface area contributed by atoms with Crippen LogP contribution in [0.2, 0.25) is 0 Å². The first-order valence-electron chi connectivity index (χ1n) is 12.7. The van der Waals surface area contributed by atoms with Crippen LogP contribution in [-0.2, 0) is 9.59 Å². The van der Waals surface area contributed by atoms with Crippen LogP contribution in [0.4, 0.5) is 5.82 Å². The number of likely N-dealkylation sites (tertiary alicyclic amines) is 1. The first kappa shape index (κ1) is 21.6. The molecule has 4 bridgehead atoms. The number of nitrogens with one attached hydrogen (secondary N) is 1. The molecule has 2 aromatic heterocycles. The fraction of sp³-hybridized carbons (Fsp3) is 0.615. The van der Waals surface area contributed by atoms with E-state index in [1.807, 2.05) is 18.2 Å². The molecular weight excluding hydrogens is 430 g/mol. The Morgan fingerprint density at radius 1 is 1.03 bits per heavy atom. The lowest BCUT2D eigenvalue weighted by Crippen LogP contribution is -2.47. The Morgan fingerprint density at radius 3 is 2.29 bits per heavy atom. The first-order chi connectivity index (χ1) is 16.4. The monoisotopic (exact) mass is 463 g/mol. The Balaban J connectivity index is 1.16. The van der Waals surface area contributed by atoms with Crippen LogP contribution >= 0.6 is 0 Å². The molecule has 1 aliphatic heterocycles. The quantitative estimate of drug-likeness (QED) is 0.709. The van der Waals surface area contributed by atoms with Crippen molar-refractivity contribution in [2.75, 3.05) is 18.4 Å². The van der Waals surface area contributed by atoms with Crippen LogP contribution < -0.4 is 11.1 Å². The normalized spacial score (nSPS) is 30.6. The predicted molar refractivity (Wildman–Crippen MR) is 127 cm³/mol. The molecule has 5 aliphatic rings. The zero-order valence-electron chi connectivity index (χ0n) is 19.5. The van der Waals surface area contributed by atoms with Crippen molar-refractivity contribution >= 4 is 29.2 Å². The van der Waals surface area contributed by atoms with E-state index >= 15 is 0 Å². The van der Waals surface area contributed by atoms with Gasteiger partial charge in [0.15, 0.2) is 0 Å². The third-order valence-corrected chi connectivity index (χ3v) is 8.86. The van der Waals surface area contributed by atoms with Crippen LogP contribution in [0.1, 0.15) is 68.3 Å². The second-order valence-corrected chi connectivity index (χ2v) is 11.4. The van der Waals surface area contributed by atoms with Crippen LogP contribution in [0.15, 0.2) is 24.4 Å². The Hall–Kier alpha value is -2.90. The van der Waals surface area contributed by atoms with Gasteiger partial charge in [0.1, 0.15) is 17.2 Å². The van der Waals surface area contributed by atoms with Crippen molar-refractivity contribution in [2.45, 2.75) is 57.8 Å². The van der Waals surface area contributed by atoms with E-state index in [0.29, 0.717) is 49.5 Å². The molecule has 5 fully saturated rings. The number of nitrogens with zero attached hydrogens (tertiary/aromatic N) is 3. The molecular formula is C26H33N5O3. The third-order valence-electron chi connectivity index (χ3n) is 8.86. The first-order valence-corrected chi connectivity index (χ1v) is 12.7. The summed E-state index contributed by atoms with van der Waals surface area (Å²) in [6.07, 6.45) is 11.2. The number of imidazole rings is 1. The fourth-order valence-electron chi connectivity index (χ4n) is 7.78. The Bertz CT molecular complexity index is 1110. The lowest BCUT2D eigenvalue weighted by molar-refractivity contribution is -0.124. The Kier molecular flexibility index (Phi) is 5.15. The van der Waals surface area contributed by atoms with Crippen LogP contribution in [0.5, 0.6) is 0 Å². The highest BCUT2D eigenvalue weighted by atomic mass is 16.2. The second kappa shape index (κ2) is 8.10. The van der Waals surface area contributed by atoms with Crippen molar-refractivity contribution in [1.82, 2.24) is 14.3 Å². The molecule has 34 heavy (non-hydrogen) atoms. The van der Waals surface area contributed by atoms with Gasteiger partial charge in [-0.3, -0.25) is 18.8 Å². The summed E-state index contributed by atoms with van der Waals surface area (Å²) < 4.78 is 1.79. The van der Waals surface area contributed by atoms with E-state index in [0.717, 1.165) is 17.8 Å². The minimum absolute atomic E-state index is 0.0598. The molecule has 180 valence electrons. The van der Waals surface area contributed by atoms with E-state index in [4.69, 9.17) is 5.73 Å². The van der Waals surface area contributed by atoms with Gasteiger partial charge in [-0.25, -0.2) is 4.98 Å². The molecule has 0 aromatic carbocycles. The molecule has 8 nitrogen and oxygen atoms in total. The summed E-state index contributed by atoms with van der Waals surface area (Å²) in [6, 6.07) is 5.55. The number of amides is 3. The predicted octanol–water partition coefficient (Wildman–Crippen LogP) is 3.22. The van der Waals surface area contributed by atoms with Gasteiger partial charge in [-0.15, -0.1) is 0 Å². The summed E-state index contributed by atoms with van der Waals surface area (Å²) in [4.78, 5) is 43.9. The summed E-state index contributed by atoms with van der Waals surface area (Å²) in [5.74, 6) is 2.54. The summed E-state index contributed by atoms with van der Waals surface area (Å²) >= 11 is 0. The van der Waals surface area contributed by atoms with Crippen molar-refractivity contribution in [3.63, 3.8) is 0 Å². The molecule has 4 aliphatic carbocycles. The van der Waals surface area contributed by atoms with Crippen molar-refractivity contribution in [3.8, 4) is 0 Å². The van der Waals surface area contributed by atoms with Gasteiger partial charge in [0, 0.05) is 31.6 Å². The van der Waals surface area contributed by atoms with Crippen molar-refractivity contribution in [2.24, 2.45) is 34.8 Å². The third kappa shape index (κ3) is 3.87. The SMILES string of the molecule is NC(=O)C1CCN(C(=O)c2cn3c(NC(=O)CC45CC6CC(CC(C6)C4)C5)cccc3n2)CC1. The van der Waals surface area contributed by atoms with Crippen molar-refractivity contribution in [1.29, 1.82) is 0 Å². The maximum atomic E-state index is 13.2. The number of anilines is 1. The number of rotatable bonds is 5. The molecule has 3 N–H and O–H groups in total. The Labute approximate surface area is 199 Å². The van der Waals surface area contributed by atoms with Crippen LogP contribution in [0.25, 0.3) is 5.65 Å². The van der Waals surface area contributed by atoms with E-state index in [1.54, 1.807) is 15.5 Å². The maximum Gasteiger partial charge on any atom is 0.274 e. The highest BCUT2D eigenvalue weighted by Crippen LogP contribution is 2.61. The molecule has 2 aromatic rings. The van der Waals surface area contributed by atoms with Gasteiger partial charge in [0.25, 0.3) is 5.91 Å². The number of pyridine rings is 1. The summed E-state index contributed by atoms with van der Waals surface area (Å²) in [7, 11) is 0. The van der Waals surface area contributed by atoms with Crippen molar-refractivity contribution < 1.29 is 14.4 Å². The number of carbonyl (C=O) groups is 3. The Morgan fingerprint density at radius 2 is 1.68 bits per heavy atom. The number of hydrogen-bond acceptors (Lipinski definition) is 4. The number of carbonyl (C=O) groups excluding carboxylic acids is 3.